The van der Waals surface area contributed by atoms with Crippen molar-refractivity contribution >= 4 is 39.1 Å². The van der Waals surface area contributed by atoms with E-state index in [0.717, 1.165) is 0 Å². The molecular formula is C9H7BrClN3O2. The number of rotatable bonds is 2. The van der Waals surface area contributed by atoms with Crippen molar-refractivity contribution in [3.8, 4) is 0 Å². The molecule has 0 aromatic carbocycles. The van der Waals surface area contributed by atoms with Gasteiger partial charge in [0.2, 0.25) is 0 Å². The van der Waals surface area contributed by atoms with Gasteiger partial charge in [0.05, 0.1) is 6.61 Å². The van der Waals surface area contributed by atoms with Gasteiger partial charge in [-0.25, -0.2) is 14.8 Å². The summed E-state index contributed by atoms with van der Waals surface area (Å²) >= 11 is 8.99. The summed E-state index contributed by atoms with van der Waals surface area (Å²) in [5, 5.41) is 0.312. The van der Waals surface area contributed by atoms with Crippen LogP contribution in [-0.2, 0) is 4.74 Å². The molecule has 0 saturated heterocycles. The van der Waals surface area contributed by atoms with Gasteiger partial charge in [-0.1, -0.05) is 11.6 Å². The fourth-order valence-corrected chi connectivity index (χ4v) is 2.01. The van der Waals surface area contributed by atoms with Crippen molar-refractivity contribution in [2.24, 2.45) is 0 Å². The van der Waals surface area contributed by atoms with Crippen LogP contribution in [0, 0.1) is 0 Å². The summed E-state index contributed by atoms with van der Waals surface area (Å²) in [6.07, 6.45) is 3.11. The standard InChI is InChI=1S/C9H7BrClN3O2/c1-2-16-9(15)5-3-14-4-6(11)13-7(10)8(14)12-5/h3-4H,2H2,1H3. The van der Waals surface area contributed by atoms with Gasteiger partial charge in [-0.15, -0.1) is 0 Å². The molecule has 0 fully saturated rings. The highest BCUT2D eigenvalue weighted by Crippen LogP contribution is 2.18. The van der Waals surface area contributed by atoms with Crippen LogP contribution in [0.2, 0.25) is 5.15 Å². The minimum absolute atomic E-state index is 0.228. The lowest BCUT2D eigenvalue weighted by Gasteiger charge is -1.95. The van der Waals surface area contributed by atoms with Crippen molar-refractivity contribution < 1.29 is 9.53 Å². The highest BCUT2D eigenvalue weighted by atomic mass is 79.9. The molecule has 84 valence electrons. The van der Waals surface area contributed by atoms with Crippen LogP contribution in [0.4, 0.5) is 0 Å². The van der Waals surface area contributed by atoms with E-state index in [1.165, 1.54) is 0 Å². The molecule has 0 saturated carbocycles. The number of imidazole rings is 1. The number of carbonyl (C=O) groups excluding carboxylic acids is 1. The normalized spacial score (nSPS) is 10.7. The molecule has 0 bridgehead atoms. The SMILES string of the molecule is CCOC(=O)c1cn2cc(Cl)nc(Br)c2n1. The van der Waals surface area contributed by atoms with Crippen molar-refractivity contribution in [3.05, 3.63) is 27.8 Å². The number of halogens is 2. The number of carbonyl (C=O) groups is 1. The van der Waals surface area contributed by atoms with E-state index in [1.54, 1.807) is 23.7 Å². The first-order valence-electron chi connectivity index (χ1n) is 4.49. The second kappa shape index (κ2) is 4.39. The quantitative estimate of drug-likeness (QED) is 0.799. The van der Waals surface area contributed by atoms with Crippen LogP contribution in [0.1, 0.15) is 17.4 Å². The number of hydrogen-bond acceptors (Lipinski definition) is 4. The molecule has 16 heavy (non-hydrogen) atoms. The molecular weight excluding hydrogens is 297 g/mol. The lowest BCUT2D eigenvalue weighted by Crippen LogP contribution is -2.04. The predicted octanol–water partition coefficient (Wildman–Crippen LogP) is 2.32. The first-order chi connectivity index (χ1) is 7.61. The molecule has 5 nitrogen and oxygen atoms in total. The van der Waals surface area contributed by atoms with Gasteiger partial charge in [0.1, 0.15) is 5.15 Å². The van der Waals surface area contributed by atoms with Gasteiger partial charge < -0.3 is 9.14 Å². The van der Waals surface area contributed by atoms with Crippen LogP contribution in [-0.4, -0.2) is 26.9 Å². The Morgan fingerprint density at radius 1 is 1.56 bits per heavy atom. The second-order valence-electron chi connectivity index (χ2n) is 2.93. The summed E-state index contributed by atoms with van der Waals surface area (Å²) in [7, 11) is 0. The fourth-order valence-electron chi connectivity index (χ4n) is 1.24. The van der Waals surface area contributed by atoms with E-state index in [1.807, 2.05) is 0 Å². The summed E-state index contributed by atoms with van der Waals surface area (Å²) in [4.78, 5) is 19.5. The number of hydrogen-bond donors (Lipinski definition) is 0. The maximum absolute atomic E-state index is 11.4. The van der Waals surface area contributed by atoms with Crippen molar-refractivity contribution in [2.75, 3.05) is 6.61 Å². The van der Waals surface area contributed by atoms with Gasteiger partial charge >= 0.3 is 5.97 Å². The van der Waals surface area contributed by atoms with Crippen molar-refractivity contribution in [1.29, 1.82) is 0 Å². The van der Waals surface area contributed by atoms with E-state index in [0.29, 0.717) is 22.0 Å². The summed E-state index contributed by atoms with van der Waals surface area (Å²) < 4.78 is 6.94. The fraction of sp³-hybridized carbons (Fsp3) is 0.222. The van der Waals surface area contributed by atoms with E-state index in [-0.39, 0.29) is 5.69 Å². The van der Waals surface area contributed by atoms with Gasteiger partial charge in [-0.2, -0.15) is 0 Å². The Hall–Kier alpha value is -1.14. The zero-order chi connectivity index (χ0) is 11.7. The molecule has 0 atom stereocenters. The first kappa shape index (κ1) is 11.3. The van der Waals surface area contributed by atoms with Gasteiger partial charge in [0.15, 0.2) is 15.9 Å². The van der Waals surface area contributed by atoms with E-state index in [4.69, 9.17) is 16.3 Å². The van der Waals surface area contributed by atoms with Crippen LogP contribution in [0.5, 0.6) is 0 Å². The van der Waals surface area contributed by atoms with Crippen molar-refractivity contribution in [3.63, 3.8) is 0 Å². The number of nitrogens with zero attached hydrogens (tertiary/aromatic N) is 3. The summed E-state index contributed by atoms with van der Waals surface area (Å²) in [5.41, 5.74) is 0.749. The molecule has 0 spiro atoms. The summed E-state index contributed by atoms with van der Waals surface area (Å²) in [6.45, 7) is 2.05. The molecule has 0 aliphatic rings. The molecule has 0 unspecified atom stereocenters. The van der Waals surface area contributed by atoms with E-state index < -0.39 is 5.97 Å². The van der Waals surface area contributed by atoms with Gasteiger partial charge in [-0.3, -0.25) is 0 Å². The highest BCUT2D eigenvalue weighted by molar-refractivity contribution is 9.10. The van der Waals surface area contributed by atoms with E-state index in [9.17, 15) is 4.79 Å². The van der Waals surface area contributed by atoms with Crippen LogP contribution < -0.4 is 0 Å². The van der Waals surface area contributed by atoms with Crippen LogP contribution in [0.3, 0.4) is 0 Å². The third-order valence-electron chi connectivity index (χ3n) is 1.85. The monoisotopic (exact) mass is 303 g/mol. The van der Waals surface area contributed by atoms with E-state index in [2.05, 4.69) is 25.9 Å². The third kappa shape index (κ3) is 2.03. The van der Waals surface area contributed by atoms with E-state index >= 15 is 0 Å². The third-order valence-corrected chi connectivity index (χ3v) is 2.57. The van der Waals surface area contributed by atoms with Gasteiger partial charge in [0.25, 0.3) is 0 Å². The Labute approximate surface area is 105 Å². The molecule has 0 aliphatic carbocycles. The number of esters is 1. The Morgan fingerprint density at radius 2 is 2.31 bits per heavy atom. The Balaban J connectivity index is 2.51. The molecule has 2 aromatic rings. The van der Waals surface area contributed by atoms with Crippen molar-refractivity contribution in [2.45, 2.75) is 6.92 Å². The molecule has 0 amide bonds. The van der Waals surface area contributed by atoms with Crippen molar-refractivity contribution in [1.82, 2.24) is 14.4 Å². The maximum atomic E-state index is 11.4. The zero-order valence-corrected chi connectivity index (χ0v) is 10.6. The number of aromatic nitrogens is 3. The molecule has 0 radical (unpaired) electrons. The predicted molar refractivity (Wildman–Crippen MR) is 61.7 cm³/mol. The van der Waals surface area contributed by atoms with Gasteiger partial charge in [0, 0.05) is 12.4 Å². The van der Waals surface area contributed by atoms with Crippen LogP contribution in [0.15, 0.2) is 17.0 Å². The Bertz CT molecular complexity index is 555. The summed E-state index contributed by atoms with van der Waals surface area (Å²) in [6, 6.07) is 0. The lowest BCUT2D eigenvalue weighted by molar-refractivity contribution is 0.0520. The van der Waals surface area contributed by atoms with Gasteiger partial charge in [-0.05, 0) is 22.9 Å². The lowest BCUT2D eigenvalue weighted by atomic mass is 10.5. The zero-order valence-electron chi connectivity index (χ0n) is 8.28. The Morgan fingerprint density at radius 3 is 3.00 bits per heavy atom. The summed E-state index contributed by atoms with van der Waals surface area (Å²) in [5.74, 6) is -0.464. The first-order valence-corrected chi connectivity index (χ1v) is 5.66. The molecule has 2 aromatic heterocycles. The highest BCUT2D eigenvalue weighted by Gasteiger charge is 2.14. The smallest absolute Gasteiger partial charge is 0.358 e. The topological polar surface area (TPSA) is 56.5 Å². The number of fused-ring (bicyclic) bond motifs is 1. The van der Waals surface area contributed by atoms with Crippen LogP contribution in [0.25, 0.3) is 5.65 Å². The molecule has 2 rings (SSSR count). The second-order valence-corrected chi connectivity index (χ2v) is 4.07. The van der Waals surface area contributed by atoms with Crippen LogP contribution >= 0.6 is 27.5 Å². The molecule has 0 aliphatic heterocycles. The minimum atomic E-state index is -0.464. The average Bonchev–Trinajstić information content (AvgIpc) is 2.62. The average molecular weight is 305 g/mol. The number of ether oxygens (including phenoxy) is 1. The maximum Gasteiger partial charge on any atom is 0.358 e. The molecule has 7 heteroatoms. The Kier molecular flexibility index (Phi) is 3.11. The largest absolute Gasteiger partial charge is 0.461 e. The minimum Gasteiger partial charge on any atom is -0.461 e. The molecule has 0 N–H and O–H groups in total. The molecule has 2 heterocycles.